The Hall–Kier alpha value is -0.440. The number of ether oxygens (including phenoxy) is 1. The predicted octanol–water partition coefficient (Wildman–Crippen LogP) is -1.57. The van der Waals surface area contributed by atoms with Gasteiger partial charge in [0, 0.05) is 6.42 Å². The van der Waals surface area contributed by atoms with Crippen molar-refractivity contribution >= 4 is 11.6 Å². The zero-order valence-electron chi connectivity index (χ0n) is 9.75. The second kappa shape index (κ2) is 8.68. The molecule has 0 aliphatic rings. The highest BCUT2D eigenvalue weighted by atomic mass is 35.5. The quantitative estimate of drug-likeness (QED) is 0.617. The average Bonchev–Trinajstić information content (AvgIpc) is 2.27. The lowest BCUT2D eigenvalue weighted by atomic mass is 10.1. The van der Waals surface area contributed by atoms with E-state index in [9.17, 15) is 0 Å². The van der Waals surface area contributed by atoms with Crippen LogP contribution in [0.15, 0.2) is 24.3 Å². The second-order valence-corrected chi connectivity index (χ2v) is 4.12. The highest BCUT2D eigenvalue weighted by Crippen LogP contribution is 2.11. The van der Waals surface area contributed by atoms with Gasteiger partial charge >= 0.3 is 0 Å². The van der Waals surface area contributed by atoms with E-state index in [1.165, 1.54) is 5.56 Å². The number of methoxy groups -OCH3 is 1. The first kappa shape index (κ1) is 15.6. The molecule has 0 fully saturated rings. The molecular formula is C12H19Cl2NO. The third-order valence-corrected chi connectivity index (χ3v) is 2.61. The molecule has 92 valence electrons. The normalized spacial score (nSPS) is 11.7. The minimum Gasteiger partial charge on any atom is -1.00 e. The average molecular weight is 264 g/mol. The number of quaternary nitrogens is 1. The lowest BCUT2D eigenvalue weighted by Gasteiger charge is -2.10. The van der Waals surface area contributed by atoms with Crippen LogP contribution >= 0.6 is 11.6 Å². The summed E-state index contributed by atoms with van der Waals surface area (Å²) in [5, 5.41) is 2.28. The van der Waals surface area contributed by atoms with Crippen LogP contribution in [-0.4, -0.2) is 25.6 Å². The predicted molar refractivity (Wildman–Crippen MR) is 63.7 cm³/mol. The van der Waals surface area contributed by atoms with Gasteiger partial charge in [0.2, 0.25) is 0 Å². The van der Waals surface area contributed by atoms with Crippen molar-refractivity contribution in [3.63, 3.8) is 0 Å². The van der Waals surface area contributed by atoms with E-state index in [4.69, 9.17) is 16.3 Å². The molecule has 0 aliphatic heterocycles. The van der Waals surface area contributed by atoms with Crippen LogP contribution in [0, 0.1) is 0 Å². The number of hydrogen-bond donors (Lipinski definition) is 1. The van der Waals surface area contributed by atoms with Crippen LogP contribution in [0.25, 0.3) is 0 Å². The fourth-order valence-electron chi connectivity index (χ4n) is 1.56. The van der Waals surface area contributed by atoms with Gasteiger partial charge in [0.15, 0.2) is 0 Å². The molecular weight excluding hydrogens is 245 g/mol. The topological polar surface area (TPSA) is 25.8 Å². The van der Waals surface area contributed by atoms with E-state index in [-0.39, 0.29) is 12.4 Å². The lowest BCUT2D eigenvalue weighted by Crippen LogP contribution is -3.00. The van der Waals surface area contributed by atoms with Crippen molar-refractivity contribution in [2.75, 3.05) is 19.5 Å². The first-order valence-electron chi connectivity index (χ1n) is 5.28. The molecule has 1 aromatic rings. The molecule has 2 nitrogen and oxygen atoms in total. The first-order chi connectivity index (χ1) is 7.26. The summed E-state index contributed by atoms with van der Waals surface area (Å²) in [5.74, 6) is 1.63. The molecule has 0 aromatic heterocycles. The minimum atomic E-state index is 0. The summed E-state index contributed by atoms with van der Waals surface area (Å²) in [4.78, 5) is 0. The van der Waals surface area contributed by atoms with Crippen LogP contribution in [0.3, 0.4) is 0 Å². The monoisotopic (exact) mass is 263 g/mol. The summed E-state index contributed by atoms with van der Waals surface area (Å²) in [7, 11) is 1.69. The molecule has 0 saturated carbocycles. The maximum Gasteiger partial charge on any atom is 0.118 e. The molecule has 4 heteroatoms. The first-order valence-corrected chi connectivity index (χ1v) is 5.82. The van der Waals surface area contributed by atoms with Crippen molar-refractivity contribution in [3.8, 4) is 5.75 Å². The maximum absolute atomic E-state index is 5.64. The van der Waals surface area contributed by atoms with Gasteiger partial charge < -0.3 is 22.5 Å². The molecule has 16 heavy (non-hydrogen) atoms. The SMILES string of the molecule is COc1ccc(CC(C)[NH2+]CCCl)cc1.[Cl-]. The van der Waals surface area contributed by atoms with Crippen molar-refractivity contribution in [2.45, 2.75) is 19.4 Å². The van der Waals surface area contributed by atoms with Crippen LogP contribution in [-0.2, 0) is 6.42 Å². The molecule has 0 bridgehead atoms. The molecule has 1 aromatic carbocycles. The molecule has 1 unspecified atom stereocenters. The highest BCUT2D eigenvalue weighted by Gasteiger charge is 2.05. The van der Waals surface area contributed by atoms with Gasteiger partial charge in [-0.25, -0.2) is 0 Å². The van der Waals surface area contributed by atoms with E-state index in [1.807, 2.05) is 12.1 Å². The Morgan fingerprint density at radius 2 is 1.94 bits per heavy atom. The summed E-state index contributed by atoms with van der Waals surface area (Å²) < 4.78 is 5.11. The van der Waals surface area contributed by atoms with Crippen LogP contribution < -0.4 is 22.5 Å². The molecule has 1 atom stereocenters. The number of halogens is 2. The largest absolute Gasteiger partial charge is 1.00 e. The molecule has 0 saturated heterocycles. The fourth-order valence-corrected chi connectivity index (χ4v) is 1.69. The summed E-state index contributed by atoms with van der Waals surface area (Å²) in [6.07, 6.45) is 1.07. The molecule has 1 rings (SSSR count). The van der Waals surface area contributed by atoms with Gasteiger partial charge in [-0.15, -0.1) is 11.6 Å². The zero-order chi connectivity index (χ0) is 11.1. The summed E-state index contributed by atoms with van der Waals surface area (Å²) >= 11 is 5.64. The molecule has 2 N–H and O–H groups in total. The van der Waals surface area contributed by atoms with E-state index in [1.54, 1.807) is 7.11 Å². The number of hydrogen-bond acceptors (Lipinski definition) is 1. The Bertz CT molecular complexity index is 277. The number of alkyl halides is 1. The number of benzene rings is 1. The number of rotatable bonds is 6. The van der Waals surface area contributed by atoms with Crippen molar-refractivity contribution in [3.05, 3.63) is 29.8 Å². The van der Waals surface area contributed by atoms with Crippen molar-refractivity contribution in [2.24, 2.45) is 0 Å². The second-order valence-electron chi connectivity index (χ2n) is 3.74. The Morgan fingerprint density at radius 3 is 2.44 bits per heavy atom. The smallest absolute Gasteiger partial charge is 0.118 e. The van der Waals surface area contributed by atoms with Gasteiger partial charge in [-0.1, -0.05) is 12.1 Å². The summed E-state index contributed by atoms with van der Waals surface area (Å²) in [6, 6.07) is 8.82. The molecule has 0 radical (unpaired) electrons. The van der Waals surface area contributed by atoms with Gasteiger partial charge in [-0.2, -0.15) is 0 Å². The van der Waals surface area contributed by atoms with Crippen LogP contribution in [0.4, 0.5) is 0 Å². The maximum atomic E-state index is 5.64. The van der Waals surface area contributed by atoms with E-state index in [2.05, 4.69) is 24.4 Å². The van der Waals surface area contributed by atoms with Gasteiger partial charge in [-0.05, 0) is 24.6 Å². The molecule has 0 heterocycles. The van der Waals surface area contributed by atoms with Gasteiger partial charge in [0.25, 0.3) is 0 Å². The highest BCUT2D eigenvalue weighted by molar-refractivity contribution is 6.17. The Kier molecular flexibility index (Phi) is 8.44. The van der Waals surface area contributed by atoms with Gasteiger partial charge in [0.1, 0.15) is 5.75 Å². The van der Waals surface area contributed by atoms with E-state index in [0.717, 1.165) is 18.7 Å². The van der Waals surface area contributed by atoms with Gasteiger partial charge in [0.05, 0.1) is 25.6 Å². The Labute approximate surface area is 109 Å². The third-order valence-electron chi connectivity index (χ3n) is 2.39. The van der Waals surface area contributed by atoms with Crippen LogP contribution in [0.2, 0.25) is 0 Å². The fraction of sp³-hybridized carbons (Fsp3) is 0.500. The Balaban J connectivity index is 0.00000225. The van der Waals surface area contributed by atoms with E-state index in [0.29, 0.717) is 11.9 Å². The Morgan fingerprint density at radius 1 is 1.31 bits per heavy atom. The van der Waals surface area contributed by atoms with Crippen molar-refractivity contribution in [1.29, 1.82) is 0 Å². The summed E-state index contributed by atoms with van der Waals surface area (Å²) in [6.45, 7) is 3.20. The molecule has 0 amide bonds. The number of nitrogens with two attached hydrogens (primary N) is 1. The molecule has 0 spiro atoms. The third kappa shape index (κ3) is 5.59. The van der Waals surface area contributed by atoms with Gasteiger partial charge in [-0.3, -0.25) is 0 Å². The van der Waals surface area contributed by atoms with Crippen molar-refractivity contribution in [1.82, 2.24) is 0 Å². The standard InChI is InChI=1S/C12H18ClNO.ClH/c1-10(14-8-7-13)9-11-3-5-12(15-2)6-4-11;/h3-6,10,14H,7-9H2,1-2H3;1H. The lowest BCUT2D eigenvalue weighted by molar-refractivity contribution is -0.682. The summed E-state index contributed by atoms with van der Waals surface area (Å²) in [5.41, 5.74) is 1.34. The van der Waals surface area contributed by atoms with Crippen molar-refractivity contribution < 1.29 is 22.5 Å². The minimum absolute atomic E-state index is 0. The van der Waals surface area contributed by atoms with E-state index >= 15 is 0 Å². The zero-order valence-corrected chi connectivity index (χ0v) is 11.3. The van der Waals surface area contributed by atoms with E-state index < -0.39 is 0 Å². The van der Waals surface area contributed by atoms with Crippen LogP contribution in [0.5, 0.6) is 5.75 Å². The van der Waals surface area contributed by atoms with Crippen LogP contribution in [0.1, 0.15) is 12.5 Å². The molecule has 0 aliphatic carbocycles.